The number of carbonyl (C=O) groups excluding carboxylic acids is 2. The first kappa shape index (κ1) is 22.0. The van der Waals surface area contributed by atoms with Gasteiger partial charge in [-0.1, -0.05) is 45.0 Å². The molecular weight excluding hydrogens is 398 g/mol. The lowest BCUT2D eigenvalue weighted by atomic mass is 10.1. The van der Waals surface area contributed by atoms with E-state index in [2.05, 4.69) is 0 Å². The van der Waals surface area contributed by atoms with Crippen LogP contribution >= 0.6 is 11.8 Å². The number of ether oxygens (including phenoxy) is 2. The number of carbonyl (C=O) groups is 2. The molecule has 0 fully saturated rings. The maximum Gasteiger partial charge on any atom is 0.272 e. The monoisotopic (exact) mass is 425 g/mol. The Kier molecular flexibility index (Phi) is 7.21. The highest BCUT2D eigenvalue weighted by Gasteiger charge is 2.41. The minimum absolute atomic E-state index is 0.154. The largest absolute Gasteiger partial charge is 0.494 e. The number of para-hydroxylation sites is 2. The molecule has 0 saturated heterocycles. The van der Waals surface area contributed by atoms with E-state index in [4.69, 9.17) is 9.47 Å². The summed E-state index contributed by atoms with van der Waals surface area (Å²) in [6.07, 6.45) is 0.920. The maximum absolute atomic E-state index is 13.5. The lowest BCUT2D eigenvalue weighted by Crippen LogP contribution is -2.31. The van der Waals surface area contributed by atoms with Gasteiger partial charge in [0, 0.05) is 5.25 Å². The van der Waals surface area contributed by atoms with E-state index < -0.39 is 0 Å². The third-order valence-electron chi connectivity index (χ3n) is 4.42. The first-order valence-electron chi connectivity index (χ1n) is 10.2. The van der Waals surface area contributed by atoms with Crippen molar-refractivity contribution < 1.29 is 19.1 Å². The Morgan fingerprint density at radius 2 is 1.63 bits per heavy atom. The molecule has 1 aliphatic heterocycles. The molecule has 0 radical (unpaired) electrons. The molecule has 3 rings (SSSR count). The van der Waals surface area contributed by atoms with Crippen LogP contribution in [0.15, 0.2) is 53.4 Å². The van der Waals surface area contributed by atoms with Crippen LogP contribution in [0.2, 0.25) is 0 Å². The summed E-state index contributed by atoms with van der Waals surface area (Å²) in [7, 11) is 0. The van der Waals surface area contributed by atoms with E-state index in [9.17, 15) is 9.59 Å². The molecule has 0 N–H and O–H groups in total. The second-order valence-corrected chi connectivity index (χ2v) is 8.68. The van der Waals surface area contributed by atoms with Crippen LogP contribution < -0.4 is 14.4 Å². The van der Waals surface area contributed by atoms with Crippen molar-refractivity contribution in [3.05, 3.63) is 59.0 Å². The molecule has 0 saturated carbocycles. The summed E-state index contributed by atoms with van der Waals surface area (Å²) in [6, 6.07) is 14.5. The van der Waals surface area contributed by atoms with Crippen molar-refractivity contribution in [2.24, 2.45) is 0 Å². The molecule has 2 amide bonds. The highest BCUT2D eigenvalue weighted by molar-refractivity contribution is 8.04. The number of hydrogen-bond donors (Lipinski definition) is 0. The Morgan fingerprint density at radius 3 is 2.27 bits per heavy atom. The summed E-state index contributed by atoms with van der Waals surface area (Å²) in [4.78, 5) is 28.5. The minimum atomic E-state index is -0.336. The summed E-state index contributed by atoms with van der Waals surface area (Å²) < 4.78 is 11.3. The first-order valence-corrected chi connectivity index (χ1v) is 11.1. The Hall–Kier alpha value is -2.73. The molecule has 2 aromatic rings. The smallest absolute Gasteiger partial charge is 0.272 e. The molecule has 1 aliphatic rings. The van der Waals surface area contributed by atoms with Crippen LogP contribution in [0.4, 0.5) is 5.69 Å². The SMILES string of the molecule is CCCOc1ccc(C2=C(SC(C)C)C(=O)N(c3ccccc3OCC)C2=O)cc1. The van der Waals surface area contributed by atoms with Gasteiger partial charge in [0.05, 0.1) is 29.4 Å². The molecule has 0 spiro atoms. The van der Waals surface area contributed by atoms with Crippen molar-refractivity contribution in [3.8, 4) is 11.5 Å². The van der Waals surface area contributed by atoms with Gasteiger partial charge >= 0.3 is 0 Å². The number of rotatable bonds is 9. The molecule has 0 aromatic heterocycles. The molecule has 6 heteroatoms. The number of thioether (sulfide) groups is 1. The molecule has 0 unspecified atom stereocenters. The number of benzene rings is 2. The Labute approximate surface area is 182 Å². The fourth-order valence-corrected chi connectivity index (χ4v) is 4.17. The molecule has 5 nitrogen and oxygen atoms in total. The number of amides is 2. The molecule has 0 bridgehead atoms. The summed E-state index contributed by atoms with van der Waals surface area (Å²) in [5.74, 6) is 0.611. The third kappa shape index (κ3) is 4.54. The second-order valence-electron chi connectivity index (χ2n) is 7.09. The van der Waals surface area contributed by atoms with Crippen molar-refractivity contribution in [1.29, 1.82) is 0 Å². The summed E-state index contributed by atoms with van der Waals surface area (Å²) in [6.45, 7) is 9.01. The van der Waals surface area contributed by atoms with E-state index in [0.29, 0.717) is 40.7 Å². The van der Waals surface area contributed by atoms with Gasteiger partial charge in [0.25, 0.3) is 11.8 Å². The fourth-order valence-electron chi connectivity index (χ4n) is 3.19. The number of imide groups is 1. The van der Waals surface area contributed by atoms with Gasteiger partial charge in [-0.15, -0.1) is 11.8 Å². The van der Waals surface area contributed by atoms with E-state index in [1.54, 1.807) is 18.2 Å². The van der Waals surface area contributed by atoms with E-state index in [-0.39, 0.29) is 17.1 Å². The molecule has 0 atom stereocenters. The van der Waals surface area contributed by atoms with Crippen molar-refractivity contribution in [2.75, 3.05) is 18.1 Å². The second kappa shape index (κ2) is 9.85. The van der Waals surface area contributed by atoms with Gasteiger partial charge in [-0.2, -0.15) is 0 Å². The van der Waals surface area contributed by atoms with E-state index in [1.807, 2.05) is 58.0 Å². The van der Waals surface area contributed by atoms with Gasteiger partial charge in [-0.3, -0.25) is 9.59 Å². The molecule has 158 valence electrons. The molecule has 1 heterocycles. The minimum Gasteiger partial charge on any atom is -0.494 e. The van der Waals surface area contributed by atoms with Crippen LogP contribution in [0, 0.1) is 0 Å². The van der Waals surface area contributed by atoms with Crippen molar-refractivity contribution in [1.82, 2.24) is 0 Å². The highest BCUT2D eigenvalue weighted by Crippen LogP contribution is 2.42. The number of anilines is 1. The molecule has 30 heavy (non-hydrogen) atoms. The van der Waals surface area contributed by atoms with Crippen LogP contribution in [0.25, 0.3) is 5.57 Å². The quantitative estimate of drug-likeness (QED) is 0.510. The highest BCUT2D eigenvalue weighted by atomic mass is 32.2. The van der Waals surface area contributed by atoms with Gasteiger partial charge in [-0.05, 0) is 43.2 Å². The Bertz CT molecular complexity index is 950. The third-order valence-corrected chi connectivity index (χ3v) is 5.50. The summed E-state index contributed by atoms with van der Waals surface area (Å²) in [5.41, 5.74) is 1.60. The summed E-state index contributed by atoms with van der Waals surface area (Å²) >= 11 is 1.41. The standard InChI is InChI=1S/C24H27NO4S/c1-5-15-29-18-13-11-17(12-14-18)21-22(30-16(3)4)24(27)25(23(21)26)19-9-7-8-10-20(19)28-6-2/h7-14,16H,5-6,15H2,1-4H3. The van der Waals surface area contributed by atoms with Crippen LogP contribution in [0.1, 0.15) is 39.7 Å². The zero-order valence-electron chi connectivity index (χ0n) is 17.8. The first-order chi connectivity index (χ1) is 14.5. The zero-order chi connectivity index (χ0) is 21.7. The average Bonchev–Trinajstić information content (AvgIpc) is 2.97. The van der Waals surface area contributed by atoms with Gasteiger partial charge in [0.1, 0.15) is 11.5 Å². The average molecular weight is 426 g/mol. The number of hydrogen-bond acceptors (Lipinski definition) is 5. The maximum atomic E-state index is 13.5. The molecule has 0 aliphatic carbocycles. The van der Waals surface area contributed by atoms with Crippen LogP contribution in [-0.4, -0.2) is 30.3 Å². The summed E-state index contributed by atoms with van der Waals surface area (Å²) in [5, 5.41) is 0.154. The predicted molar refractivity (Wildman–Crippen MR) is 122 cm³/mol. The van der Waals surface area contributed by atoms with Gasteiger partial charge < -0.3 is 9.47 Å². The van der Waals surface area contributed by atoms with Gasteiger partial charge in [-0.25, -0.2) is 4.90 Å². The van der Waals surface area contributed by atoms with Gasteiger partial charge in [0.15, 0.2) is 0 Å². The topological polar surface area (TPSA) is 55.8 Å². The van der Waals surface area contributed by atoms with Crippen molar-refractivity contribution in [3.63, 3.8) is 0 Å². The Morgan fingerprint density at radius 1 is 0.933 bits per heavy atom. The fraction of sp³-hybridized carbons (Fsp3) is 0.333. The lowest BCUT2D eigenvalue weighted by Gasteiger charge is -2.19. The van der Waals surface area contributed by atoms with E-state index in [1.165, 1.54) is 16.7 Å². The van der Waals surface area contributed by atoms with Crippen LogP contribution in [-0.2, 0) is 9.59 Å². The lowest BCUT2D eigenvalue weighted by molar-refractivity contribution is -0.119. The molecular formula is C24H27NO4S. The van der Waals surface area contributed by atoms with Crippen molar-refractivity contribution >= 4 is 34.8 Å². The number of nitrogens with zero attached hydrogens (tertiary/aromatic N) is 1. The van der Waals surface area contributed by atoms with Crippen molar-refractivity contribution in [2.45, 2.75) is 39.4 Å². The Balaban J connectivity index is 2.02. The normalized spacial score (nSPS) is 14.1. The van der Waals surface area contributed by atoms with E-state index >= 15 is 0 Å². The van der Waals surface area contributed by atoms with E-state index in [0.717, 1.165) is 12.2 Å². The van der Waals surface area contributed by atoms with Gasteiger partial charge in [0.2, 0.25) is 0 Å². The van der Waals surface area contributed by atoms with Crippen LogP contribution in [0.5, 0.6) is 11.5 Å². The predicted octanol–water partition coefficient (Wildman–Crippen LogP) is 5.30. The molecule has 2 aromatic carbocycles. The van der Waals surface area contributed by atoms with Crippen LogP contribution in [0.3, 0.4) is 0 Å². The zero-order valence-corrected chi connectivity index (χ0v) is 18.6.